The van der Waals surface area contributed by atoms with Gasteiger partial charge in [-0.25, -0.2) is 0 Å². The molecule has 0 bridgehead atoms. The fraction of sp³-hybridized carbons (Fsp3) is 0.889. The molecule has 2 atom stereocenters. The third-order valence-corrected chi connectivity index (χ3v) is 3.57. The predicted molar refractivity (Wildman–Crippen MR) is 53.2 cm³/mol. The van der Waals surface area contributed by atoms with Crippen molar-refractivity contribution >= 4 is 11.8 Å². The van der Waals surface area contributed by atoms with Crippen molar-refractivity contribution < 1.29 is 0 Å². The summed E-state index contributed by atoms with van der Waals surface area (Å²) >= 11 is 1.95. The topological polar surface area (TPSA) is 35.8 Å². The third kappa shape index (κ3) is 2.69. The van der Waals surface area contributed by atoms with Gasteiger partial charge in [-0.2, -0.15) is 17.0 Å². The fourth-order valence-corrected chi connectivity index (χ4v) is 2.72. The van der Waals surface area contributed by atoms with Crippen LogP contribution in [0.1, 0.15) is 25.7 Å². The van der Waals surface area contributed by atoms with Gasteiger partial charge in [0.2, 0.25) is 0 Å². The largest absolute Gasteiger partial charge is 0.312 e. The highest BCUT2D eigenvalue weighted by Crippen LogP contribution is 2.28. The molecule has 0 aromatic rings. The molecule has 3 heteroatoms. The van der Waals surface area contributed by atoms with E-state index in [1.807, 2.05) is 11.8 Å². The van der Waals surface area contributed by atoms with Gasteiger partial charge in [0.25, 0.3) is 0 Å². The van der Waals surface area contributed by atoms with Crippen LogP contribution in [0.15, 0.2) is 0 Å². The van der Waals surface area contributed by atoms with Crippen LogP contribution in [0, 0.1) is 11.3 Å². The van der Waals surface area contributed by atoms with Gasteiger partial charge in [-0.3, -0.25) is 0 Å². The van der Waals surface area contributed by atoms with Gasteiger partial charge in [0.1, 0.15) is 0 Å². The Morgan fingerprint density at radius 1 is 1.58 bits per heavy atom. The van der Waals surface area contributed by atoms with E-state index in [1.54, 1.807) is 0 Å². The van der Waals surface area contributed by atoms with E-state index in [4.69, 9.17) is 5.26 Å². The van der Waals surface area contributed by atoms with E-state index in [0.717, 1.165) is 11.8 Å². The first-order valence-corrected chi connectivity index (χ1v) is 5.80. The Bertz CT molecular complexity index is 164. The summed E-state index contributed by atoms with van der Waals surface area (Å²) < 4.78 is 0. The minimum atomic E-state index is 0.637. The summed E-state index contributed by atoms with van der Waals surface area (Å²) in [5, 5.41) is 12.6. The van der Waals surface area contributed by atoms with Gasteiger partial charge in [0.05, 0.1) is 6.07 Å². The molecule has 0 amide bonds. The lowest BCUT2D eigenvalue weighted by molar-refractivity contribution is 0.540. The Morgan fingerprint density at radius 2 is 2.42 bits per heavy atom. The molecule has 0 aromatic heterocycles. The zero-order chi connectivity index (χ0) is 8.81. The van der Waals surface area contributed by atoms with Crippen LogP contribution < -0.4 is 5.32 Å². The molecule has 1 aliphatic rings. The van der Waals surface area contributed by atoms with Crippen LogP contribution in [-0.2, 0) is 0 Å². The van der Waals surface area contributed by atoms with Crippen LogP contribution in [0.5, 0.6) is 0 Å². The van der Waals surface area contributed by atoms with E-state index in [1.165, 1.54) is 19.3 Å². The maximum absolute atomic E-state index is 8.37. The van der Waals surface area contributed by atoms with Gasteiger partial charge >= 0.3 is 0 Å². The van der Waals surface area contributed by atoms with E-state index < -0.39 is 0 Å². The first-order valence-electron chi connectivity index (χ1n) is 4.51. The number of nitrogens with zero attached hydrogens (tertiary/aromatic N) is 1. The van der Waals surface area contributed by atoms with Crippen LogP contribution in [-0.4, -0.2) is 24.1 Å². The summed E-state index contributed by atoms with van der Waals surface area (Å²) in [4.78, 5) is 0. The SMILES string of the molecule is CSC1CCCC1NCCC#N. The second kappa shape index (κ2) is 5.45. The van der Waals surface area contributed by atoms with Crippen molar-refractivity contribution in [3.63, 3.8) is 0 Å². The second-order valence-corrected chi connectivity index (χ2v) is 4.25. The average molecular weight is 184 g/mol. The summed E-state index contributed by atoms with van der Waals surface area (Å²) in [6.07, 6.45) is 6.78. The zero-order valence-corrected chi connectivity index (χ0v) is 8.36. The highest BCUT2D eigenvalue weighted by atomic mass is 32.2. The van der Waals surface area contributed by atoms with E-state index in [-0.39, 0.29) is 0 Å². The molecule has 1 N–H and O–H groups in total. The molecule has 68 valence electrons. The molecule has 0 radical (unpaired) electrons. The van der Waals surface area contributed by atoms with E-state index in [2.05, 4.69) is 17.6 Å². The lowest BCUT2D eigenvalue weighted by Crippen LogP contribution is -2.34. The lowest BCUT2D eigenvalue weighted by Gasteiger charge is -2.18. The summed E-state index contributed by atoms with van der Waals surface area (Å²) in [5.74, 6) is 0. The number of rotatable bonds is 4. The standard InChI is InChI=1S/C9H16N2S/c1-12-9-5-2-4-8(9)11-7-3-6-10/h8-9,11H,2-5,7H2,1H3. The highest BCUT2D eigenvalue weighted by molar-refractivity contribution is 7.99. The maximum atomic E-state index is 8.37. The van der Waals surface area contributed by atoms with Crippen molar-refractivity contribution in [2.45, 2.75) is 37.0 Å². The van der Waals surface area contributed by atoms with Crippen LogP contribution >= 0.6 is 11.8 Å². The predicted octanol–water partition coefficient (Wildman–Crippen LogP) is 1.77. The van der Waals surface area contributed by atoms with Crippen molar-refractivity contribution in [3.8, 4) is 6.07 Å². The number of nitrogens with one attached hydrogen (secondary N) is 1. The Labute approximate surface area is 78.7 Å². The minimum absolute atomic E-state index is 0.637. The van der Waals surface area contributed by atoms with Crippen molar-refractivity contribution in [2.75, 3.05) is 12.8 Å². The Balaban J connectivity index is 2.18. The van der Waals surface area contributed by atoms with Gasteiger partial charge in [0.15, 0.2) is 0 Å². The molecule has 1 aliphatic carbocycles. The highest BCUT2D eigenvalue weighted by Gasteiger charge is 2.25. The fourth-order valence-electron chi connectivity index (χ4n) is 1.76. The molecular formula is C9H16N2S. The van der Waals surface area contributed by atoms with Gasteiger partial charge in [0, 0.05) is 24.3 Å². The number of thioether (sulfide) groups is 1. The average Bonchev–Trinajstić information content (AvgIpc) is 2.52. The zero-order valence-electron chi connectivity index (χ0n) is 7.55. The van der Waals surface area contributed by atoms with Crippen LogP contribution in [0.4, 0.5) is 0 Å². The summed E-state index contributed by atoms with van der Waals surface area (Å²) in [6.45, 7) is 0.859. The minimum Gasteiger partial charge on any atom is -0.312 e. The van der Waals surface area contributed by atoms with Gasteiger partial charge in [-0.05, 0) is 19.1 Å². The Hall–Kier alpha value is -0.200. The molecule has 0 aliphatic heterocycles. The van der Waals surface area contributed by atoms with Crippen LogP contribution in [0.3, 0.4) is 0 Å². The van der Waals surface area contributed by atoms with Crippen molar-refractivity contribution in [3.05, 3.63) is 0 Å². The van der Waals surface area contributed by atoms with Gasteiger partial charge in [-0.1, -0.05) is 6.42 Å². The molecule has 0 spiro atoms. The Morgan fingerprint density at radius 3 is 3.08 bits per heavy atom. The number of hydrogen-bond acceptors (Lipinski definition) is 3. The Kier molecular flexibility index (Phi) is 4.49. The smallest absolute Gasteiger partial charge is 0.0635 e. The molecule has 1 rings (SSSR count). The second-order valence-electron chi connectivity index (χ2n) is 3.17. The lowest BCUT2D eigenvalue weighted by atomic mass is 10.2. The normalized spacial score (nSPS) is 28.7. The maximum Gasteiger partial charge on any atom is 0.0635 e. The van der Waals surface area contributed by atoms with Crippen LogP contribution in [0.25, 0.3) is 0 Å². The number of hydrogen-bond donors (Lipinski definition) is 1. The molecule has 1 fully saturated rings. The number of nitriles is 1. The molecule has 2 nitrogen and oxygen atoms in total. The van der Waals surface area contributed by atoms with Crippen LogP contribution in [0.2, 0.25) is 0 Å². The van der Waals surface area contributed by atoms with E-state index in [0.29, 0.717) is 12.5 Å². The molecular weight excluding hydrogens is 168 g/mol. The molecule has 0 saturated heterocycles. The first kappa shape index (κ1) is 9.88. The monoisotopic (exact) mass is 184 g/mol. The first-order chi connectivity index (χ1) is 5.88. The van der Waals surface area contributed by atoms with E-state index in [9.17, 15) is 0 Å². The molecule has 2 unspecified atom stereocenters. The van der Waals surface area contributed by atoms with Gasteiger partial charge in [-0.15, -0.1) is 0 Å². The molecule has 0 aromatic carbocycles. The summed E-state index contributed by atoms with van der Waals surface area (Å²) in [5.41, 5.74) is 0. The third-order valence-electron chi connectivity index (χ3n) is 2.40. The quantitative estimate of drug-likeness (QED) is 0.676. The molecule has 1 saturated carbocycles. The molecule has 0 heterocycles. The summed E-state index contributed by atoms with van der Waals surface area (Å²) in [6, 6.07) is 2.82. The molecule has 12 heavy (non-hydrogen) atoms. The van der Waals surface area contributed by atoms with Crippen molar-refractivity contribution in [2.24, 2.45) is 0 Å². The summed E-state index contributed by atoms with van der Waals surface area (Å²) in [7, 11) is 0. The van der Waals surface area contributed by atoms with E-state index >= 15 is 0 Å². The van der Waals surface area contributed by atoms with Gasteiger partial charge < -0.3 is 5.32 Å². The van der Waals surface area contributed by atoms with Crippen molar-refractivity contribution in [1.29, 1.82) is 5.26 Å². The van der Waals surface area contributed by atoms with Crippen molar-refractivity contribution in [1.82, 2.24) is 5.32 Å².